The maximum Gasteiger partial charge on any atom is 0.238 e. The van der Waals surface area contributed by atoms with E-state index in [1.165, 1.54) is 25.0 Å². The van der Waals surface area contributed by atoms with E-state index < -0.39 is 10.0 Å². The molecular formula is C14H22N2O3S. The Bertz CT molecular complexity index is 520. The average Bonchev–Trinajstić information content (AvgIpc) is 2.41. The number of nitrogens with two attached hydrogens (primary N) is 1. The van der Waals surface area contributed by atoms with Gasteiger partial charge in [0, 0.05) is 6.54 Å². The number of primary sulfonamides is 1. The van der Waals surface area contributed by atoms with Crippen molar-refractivity contribution in [3.63, 3.8) is 0 Å². The minimum absolute atomic E-state index is 0.106. The molecule has 20 heavy (non-hydrogen) atoms. The third-order valence-corrected chi connectivity index (χ3v) is 4.63. The van der Waals surface area contributed by atoms with Crippen molar-refractivity contribution in [3.8, 4) is 5.75 Å². The van der Waals surface area contributed by atoms with Gasteiger partial charge in [-0.1, -0.05) is 6.92 Å². The van der Waals surface area contributed by atoms with Crippen molar-refractivity contribution >= 4 is 10.0 Å². The molecule has 0 aliphatic carbocycles. The zero-order valence-corrected chi connectivity index (χ0v) is 12.6. The number of ether oxygens (including phenoxy) is 1. The van der Waals surface area contributed by atoms with Gasteiger partial charge in [-0.25, -0.2) is 13.6 Å². The van der Waals surface area contributed by atoms with E-state index in [0.29, 0.717) is 12.4 Å². The number of hydrogen-bond acceptors (Lipinski definition) is 4. The third-order valence-electron chi connectivity index (χ3n) is 3.70. The number of nitrogens with zero attached hydrogens (tertiary/aromatic N) is 1. The van der Waals surface area contributed by atoms with E-state index in [1.54, 1.807) is 12.1 Å². The Labute approximate surface area is 120 Å². The number of benzene rings is 1. The van der Waals surface area contributed by atoms with E-state index in [0.717, 1.165) is 25.6 Å². The van der Waals surface area contributed by atoms with Gasteiger partial charge < -0.3 is 4.74 Å². The van der Waals surface area contributed by atoms with Crippen molar-refractivity contribution < 1.29 is 13.2 Å². The monoisotopic (exact) mass is 298 g/mol. The van der Waals surface area contributed by atoms with Gasteiger partial charge in [-0.2, -0.15) is 0 Å². The fraction of sp³-hybridized carbons (Fsp3) is 0.571. The molecule has 2 rings (SSSR count). The number of piperidine rings is 1. The summed E-state index contributed by atoms with van der Waals surface area (Å²) < 4.78 is 27.9. The number of sulfonamides is 1. The van der Waals surface area contributed by atoms with E-state index in [9.17, 15) is 8.42 Å². The zero-order valence-electron chi connectivity index (χ0n) is 11.8. The predicted molar refractivity (Wildman–Crippen MR) is 78.1 cm³/mol. The fourth-order valence-electron chi connectivity index (χ4n) is 2.30. The van der Waals surface area contributed by atoms with Crippen LogP contribution >= 0.6 is 0 Å². The molecule has 0 aromatic heterocycles. The lowest BCUT2D eigenvalue weighted by Crippen LogP contribution is -2.35. The van der Waals surface area contributed by atoms with Gasteiger partial charge in [-0.05, 0) is 56.1 Å². The summed E-state index contributed by atoms with van der Waals surface area (Å²) in [7, 11) is -3.63. The van der Waals surface area contributed by atoms with Crippen molar-refractivity contribution in [2.24, 2.45) is 11.1 Å². The summed E-state index contributed by atoms with van der Waals surface area (Å²) in [5.41, 5.74) is 0. The highest BCUT2D eigenvalue weighted by Gasteiger charge is 2.15. The standard InChI is InChI=1S/C14H22N2O3S/c1-12-6-8-16(9-7-12)10-11-19-13-2-4-14(5-3-13)20(15,17)18/h2-5,12H,6-11H2,1H3,(H2,15,17,18). The van der Waals surface area contributed by atoms with Crippen LogP contribution in [0.4, 0.5) is 0 Å². The van der Waals surface area contributed by atoms with E-state index >= 15 is 0 Å². The molecule has 112 valence electrons. The van der Waals surface area contributed by atoms with Crippen molar-refractivity contribution in [1.82, 2.24) is 4.90 Å². The Morgan fingerprint density at radius 1 is 1.25 bits per heavy atom. The number of hydrogen-bond donors (Lipinski definition) is 1. The summed E-state index contributed by atoms with van der Waals surface area (Å²) in [4.78, 5) is 2.51. The van der Waals surface area contributed by atoms with Gasteiger partial charge in [0.1, 0.15) is 12.4 Å². The lowest BCUT2D eigenvalue weighted by Gasteiger charge is -2.29. The minimum Gasteiger partial charge on any atom is -0.492 e. The van der Waals surface area contributed by atoms with E-state index in [2.05, 4.69) is 11.8 Å². The molecular weight excluding hydrogens is 276 g/mol. The Kier molecular flexibility index (Phi) is 5.01. The van der Waals surface area contributed by atoms with E-state index in [4.69, 9.17) is 9.88 Å². The molecule has 0 spiro atoms. The van der Waals surface area contributed by atoms with Gasteiger partial charge in [-0.15, -0.1) is 0 Å². The van der Waals surface area contributed by atoms with Crippen molar-refractivity contribution in [1.29, 1.82) is 0 Å². The summed E-state index contributed by atoms with van der Waals surface area (Å²) in [6.45, 7) is 6.08. The second-order valence-corrected chi connectivity index (χ2v) is 6.95. The highest BCUT2D eigenvalue weighted by atomic mass is 32.2. The van der Waals surface area contributed by atoms with Crippen LogP contribution in [-0.2, 0) is 10.0 Å². The highest BCUT2D eigenvalue weighted by molar-refractivity contribution is 7.89. The lowest BCUT2D eigenvalue weighted by atomic mass is 9.99. The first-order valence-corrected chi connectivity index (χ1v) is 8.48. The molecule has 1 aromatic rings. The molecule has 0 bridgehead atoms. The molecule has 5 nitrogen and oxygen atoms in total. The van der Waals surface area contributed by atoms with Gasteiger partial charge in [-0.3, -0.25) is 4.90 Å². The van der Waals surface area contributed by atoms with Crippen LogP contribution in [0.15, 0.2) is 29.2 Å². The molecule has 0 radical (unpaired) electrons. The maximum absolute atomic E-state index is 11.1. The van der Waals surface area contributed by atoms with Crippen LogP contribution in [0.25, 0.3) is 0 Å². The first-order valence-electron chi connectivity index (χ1n) is 6.93. The van der Waals surface area contributed by atoms with Crippen molar-refractivity contribution in [2.75, 3.05) is 26.2 Å². The van der Waals surface area contributed by atoms with E-state index in [1.807, 2.05) is 0 Å². The Morgan fingerprint density at radius 3 is 2.40 bits per heavy atom. The van der Waals surface area contributed by atoms with Crippen LogP contribution in [-0.4, -0.2) is 39.6 Å². The first kappa shape index (κ1) is 15.3. The van der Waals surface area contributed by atoms with Gasteiger partial charge >= 0.3 is 0 Å². The molecule has 6 heteroatoms. The van der Waals surface area contributed by atoms with Gasteiger partial charge in [0.25, 0.3) is 0 Å². The molecule has 1 aromatic carbocycles. The summed E-state index contributed by atoms with van der Waals surface area (Å²) in [6.07, 6.45) is 2.51. The molecule has 1 aliphatic rings. The fourth-order valence-corrected chi connectivity index (χ4v) is 2.82. The summed E-state index contributed by atoms with van der Waals surface area (Å²) in [5.74, 6) is 1.50. The maximum atomic E-state index is 11.1. The molecule has 0 unspecified atom stereocenters. The van der Waals surface area contributed by atoms with Crippen LogP contribution in [0.2, 0.25) is 0 Å². The normalized spacial score (nSPS) is 18.1. The minimum atomic E-state index is -3.63. The summed E-state index contributed by atoms with van der Waals surface area (Å²) in [6, 6.07) is 6.20. The van der Waals surface area contributed by atoms with Gasteiger partial charge in [0.2, 0.25) is 10.0 Å². The largest absolute Gasteiger partial charge is 0.492 e. The van der Waals surface area contributed by atoms with Crippen molar-refractivity contribution in [2.45, 2.75) is 24.7 Å². The molecule has 0 saturated carbocycles. The molecule has 0 atom stereocenters. The lowest BCUT2D eigenvalue weighted by molar-refractivity contribution is 0.160. The van der Waals surface area contributed by atoms with Gasteiger partial charge in [0.05, 0.1) is 4.90 Å². The molecule has 1 saturated heterocycles. The first-order chi connectivity index (χ1) is 9.45. The Hall–Kier alpha value is -1.11. The van der Waals surface area contributed by atoms with E-state index in [-0.39, 0.29) is 4.90 Å². The average molecular weight is 298 g/mol. The van der Waals surface area contributed by atoms with Crippen LogP contribution in [0.1, 0.15) is 19.8 Å². The highest BCUT2D eigenvalue weighted by Crippen LogP contribution is 2.17. The zero-order chi connectivity index (χ0) is 14.6. The SMILES string of the molecule is CC1CCN(CCOc2ccc(S(N)(=O)=O)cc2)CC1. The molecule has 1 fully saturated rings. The van der Waals surface area contributed by atoms with Crippen LogP contribution in [0.3, 0.4) is 0 Å². The molecule has 2 N–H and O–H groups in total. The second-order valence-electron chi connectivity index (χ2n) is 5.39. The summed E-state index contributed by atoms with van der Waals surface area (Å²) in [5, 5.41) is 5.04. The Morgan fingerprint density at radius 2 is 1.85 bits per heavy atom. The van der Waals surface area contributed by atoms with Crippen LogP contribution < -0.4 is 9.88 Å². The predicted octanol–water partition coefficient (Wildman–Crippen LogP) is 1.44. The topological polar surface area (TPSA) is 72.6 Å². The van der Waals surface area contributed by atoms with Crippen molar-refractivity contribution in [3.05, 3.63) is 24.3 Å². The van der Waals surface area contributed by atoms with Gasteiger partial charge in [0.15, 0.2) is 0 Å². The molecule has 1 aliphatic heterocycles. The quantitative estimate of drug-likeness (QED) is 0.893. The van der Waals surface area contributed by atoms with Crippen LogP contribution in [0.5, 0.6) is 5.75 Å². The van der Waals surface area contributed by atoms with Crippen LogP contribution in [0, 0.1) is 5.92 Å². The third kappa shape index (κ3) is 4.47. The molecule has 1 heterocycles. The summed E-state index contributed by atoms with van der Waals surface area (Å²) >= 11 is 0. The number of likely N-dealkylation sites (tertiary alicyclic amines) is 1. The molecule has 0 amide bonds. The second kappa shape index (κ2) is 6.56. The number of rotatable bonds is 5. The Balaban J connectivity index is 1.77. The smallest absolute Gasteiger partial charge is 0.238 e.